The molecule has 1 saturated heterocycles. The maximum atomic E-state index is 12.3. The second-order valence-corrected chi connectivity index (χ2v) is 8.51. The van der Waals surface area contributed by atoms with Gasteiger partial charge in [-0.25, -0.2) is 4.99 Å². The summed E-state index contributed by atoms with van der Waals surface area (Å²) in [6.07, 6.45) is 1.64. The largest absolute Gasteiger partial charge is 0.457 e. The highest BCUT2D eigenvalue weighted by Gasteiger charge is 2.24. The molecule has 2 heterocycles. The number of furan rings is 1. The molecule has 4 rings (SSSR count). The van der Waals surface area contributed by atoms with Crippen LogP contribution in [0.4, 0.5) is 5.69 Å². The maximum Gasteiger partial charge on any atom is 0.264 e. The van der Waals surface area contributed by atoms with Crippen LogP contribution in [0, 0.1) is 0 Å². The van der Waals surface area contributed by atoms with Gasteiger partial charge in [-0.2, -0.15) is 0 Å². The summed E-state index contributed by atoms with van der Waals surface area (Å²) in [4.78, 5) is 17.1. The van der Waals surface area contributed by atoms with Gasteiger partial charge in [0.15, 0.2) is 5.17 Å². The second kappa shape index (κ2) is 8.46. The van der Waals surface area contributed by atoms with E-state index in [4.69, 9.17) is 50.8 Å². The SMILES string of the molecule is O=C1NC(=Nc2ccc(Cl)c(Cl)c2)S/C1=C/c1ccc(-c2cccc(Cl)c2Cl)o1. The van der Waals surface area contributed by atoms with Crippen molar-refractivity contribution in [3.63, 3.8) is 0 Å². The summed E-state index contributed by atoms with van der Waals surface area (Å²) in [7, 11) is 0. The van der Waals surface area contributed by atoms with Crippen LogP contribution in [0.5, 0.6) is 0 Å². The molecule has 1 aliphatic heterocycles. The average molecular weight is 484 g/mol. The minimum atomic E-state index is -0.271. The monoisotopic (exact) mass is 482 g/mol. The first-order valence-corrected chi connectivity index (χ1v) is 10.5. The standard InChI is InChI=1S/C20H10Cl4N2O2S/c21-13-6-4-10(8-15(13)23)25-20-26-19(27)17(29-20)9-11-5-7-16(28-11)12-2-1-3-14(22)18(12)24/h1-9H,(H,25,26,27)/b17-9+. The van der Waals surface area contributed by atoms with E-state index < -0.39 is 0 Å². The molecule has 1 N–H and O–H groups in total. The van der Waals surface area contributed by atoms with Crippen LogP contribution in [-0.4, -0.2) is 11.1 Å². The van der Waals surface area contributed by atoms with Crippen molar-refractivity contribution in [2.75, 3.05) is 0 Å². The van der Waals surface area contributed by atoms with Gasteiger partial charge in [-0.15, -0.1) is 0 Å². The van der Waals surface area contributed by atoms with Crippen molar-refractivity contribution in [3.05, 3.63) is 79.3 Å². The zero-order valence-corrected chi connectivity index (χ0v) is 18.2. The van der Waals surface area contributed by atoms with E-state index >= 15 is 0 Å². The Morgan fingerprint density at radius 2 is 1.79 bits per heavy atom. The molecule has 1 aliphatic rings. The van der Waals surface area contributed by atoms with E-state index in [0.29, 0.717) is 52.9 Å². The summed E-state index contributed by atoms with van der Waals surface area (Å²) < 4.78 is 5.81. The molecular formula is C20H10Cl4N2O2S. The zero-order valence-electron chi connectivity index (χ0n) is 14.4. The number of nitrogens with zero attached hydrogens (tertiary/aromatic N) is 1. The maximum absolute atomic E-state index is 12.3. The van der Waals surface area contributed by atoms with Gasteiger partial charge in [0.05, 0.1) is 30.7 Å². The van der Waals surface area contributed by atoms with Gasteiger partial charge >= 0.3 is 0 Å². The number of hydrogen-bond acceptors (Lipinski definition) is 4. The fourth-order valence-corrected chi connectivity index (χ4v) is 4.06. The third kappa shape index (κ3) is 4.49. The van der Waals surface area contributed by atoms with Crippen LogP contribution >= 0.6 is 58.2 Å². The molecule has 0 unspecified atom stereocenters. The fourth-order valence-electron chi connectivity index (χ4n) is 2.55. The lowest BCUT2D eigenvalue weighted by Crippen LogP contribution is -2.19. The highest BCUT2D eigenvalue weighted by Crippen LogP contribution is 2.36. The first-order valence-electron chi connectivity index (χ1n) is 8.19. The number of amidine groups is 1. The molecule has 2 aromatic carbocycles. The van der Waals surface area contributed by atoms with Crippen LogP contribution in [-0.2, 0) is 4.79 Å². The van der Waals surface area contributed by atoms with E-state index in [1.54, 1.807) is 48.5 Å². The van der Waals surface area contributed by atoms with E-state index in [1.807, 2.05) is 6.07 Å². The number of thioether (sulfide) groups is 1. The Kier molecular flexibility index (Phi) is 5.95. The predicted molar refractivity (Wildman–Crippen MR) is 121 cm³/mol. The summed E-state index contributed by atoms with van der Waals surface area (Å²) in [6.45, 7) is 0. The zero-order chi connectivity index (χ0) is 20.5. The topological polar surface area (TPSA) is 54.6 Å². The molecule has 0 bridgehead atoms. The molecule has 1 fully saturated rings. The molecule has 0 saturated carbocycles. The molecule has 29 heavy (non-hydrogen) atoms. The van der Waals surface area contributed by atoms with Crippen LogP contribution < -0.4 is 5.32 Å². The van der Waals surface area contributed by atoms with Crippen molar-refractivity contribution in [2.45, 2.75) is 0 Å². The van der Waals surface area contributed by atoms with Gasteiger partial charge in [-0.05, 0) is 54.2 Å². The third-order valence-electron chi connectivity index (χ3n) is 3.90. The Bertz CT molecular complexity index is 1190. The van der Waals surface area contributed by atoms with Crippen molar-refractivity contribution in [2.24, 2.45) is 4.99 Å². The Morgan fingerprint density at radius 3 is 2.59 bits per heavy atom. The third-order valence-corrected chi connectivity index (χ3v) is 6.37. The summed E-state index contributed by atoms with van der Waals surface area (Å²) in [6, 6.07) is 13.8. The molecule has 0 atom stereocenters. The van der Waals surface area contributed by atoms with Gasteiger partial charge in [-0.1, -0.05) is 52.5 Å². The summed E-state index contributed by atoms with van der Waals surface area (Å²) >= 11 is 25.4. The van der Waals surface area contributed by atoms with Crippen LogP contribution in [0.15, 0.2) is 62.8 Å². The quantitative estimate of drug-likeness (QED) is 0.393. The summed E-state index contributed by atoms with van der Waals surface area (Å²) in [5.41, 5.74) is 1.26. The number of carbonyl (C=O) groups is 1. The normalized spacial score (nSPS) is 16.6. The first kappa shape index (κ1) is 20.4. The van der Waals surface area contributed by atoms with E-state index in [0.717, 1.165) is 0 Å². The Labute approximate surface area is 190 Å². The molecule has 9 heteroatoms. The molecule has 3 aromatic rings. The predicted octanol–water partition coefficient (Wildman–Crippen LogP) is 7.45. The van der Waals surface area contributed by atoms with Crippen molar-refractivity contribution < 1.29 is 9.21 Å². The number of benzene rings is 2. The first-order chi connectivity index (χ1) is 13.9. The highest BCUT2D eigenvalue weighted by molar-refractivity contribution is 8.18. The van der Waals surface area contributed by atoms with Crippen LogP contribution in [0.2, 0.25) is 20.1 Å². The van der Waals surface area contributed by atoms with Crippen molar-refractivity contribution in [3.8, 4) is 11.3 Å². The highest BCUT2D eigenvalue weighted by atomic mass is 35.5. The van der Waals surface area contributed by atoms with Crippen molar-refractivity contribution >= 4 is 81.0 Å². The number of aliphatic imine (C=N–C) groups is 1. The number of nitrogens with one attached hydrogen (secondary N) is 1. The van der Waals surface area contributed by atoms with Gasteiger partial charge in [-0.3, -0.25) is 4.79 Å². The molecule has 1 amide bonds. The van der Waals surface area contributed by atoms with E-state index in [-0.39, 0.29) is 5.91 Å². The average Bonchev–Trinajstić information content (AvgIpc) is 3.28. The number of rotatable bonds is 3. The smallest absolute Gasteiger partial charge is 0.264 e. The fraction of sp³-hybridized carbons (Fsp3) is 0. The minimum absolute atomic E-state index is 0.271. The molecule has 1 aromatic heterocycles. The molecule has 146 valence electrons. The van der Waals surface area contributed by atoms with Crippen LogP contribution in [0.3, 0.4) is 0 Å². The number of hydrogen-bond donors (Lipinski definition) is 1. The second-order valence-electron chi connectivity index (χ2n) is 5.88. The minimum Gasteiger partial charge on any atom is -0.457 e. The molecule has 0 aliphatic carbocycles. The Balaban J connectivity index is 1.57. The van der Waals surface area contributed by atoms with E-state index in [1.165, 1.54) is 11.8 Å². The summed E-state index contributed by atoms with van der Waals surface area (Å²) in [5.74, 6) is 0.787. The lowest BCUT2D eigenvalue weighted by atomic mass is 10.2. The van der Waals surface area contributed by atoms with Gasteiger partial charge in [0.1, 0.15) is 11.5 Å². The number of carbonyl (C=O) groups excluding carboxylic acids is 1. The van der Waals surface area contributed by atoms with E-state index in [9.17, 15) is 4.79 Å². The van der Waals surface area contributed by atoms with Gasteiger partial charge in [0.2, 0.25) is 0 Å². The van der Waals surface area contributed by atoms with Gasteiger partial charge < -0.3 is 9.73 Å². The van der Waals surface area contributed by atoms with E-state index in [2.05, 4.69) is 10.3 Å². The molecule has 0 spiro atoms. The Hall–Kier alpha value is -1.89. The van der Waals surface area contributed by atoms with Crippen LogP contribution in [0.25, 0.3) is 17.4 Å². The lowest BCUT2D eigenvalue weighted by molar-refractivity contribution is -0.115. The molecule has 0 radical (unpaired) electrons. The lowest BCUT2D eigenvalue weighted by Gasteiger charge is -2.01. The number of halogens is 4. The Morgan fingerprint density at radius 1 is 0.966 bits per heavy atom. The van der Waals surface area contributed by atoms with Crippen molar-refractivity contribution in [1.29, 1.82) is 0 Å². The van der Waals surface area contributed by atoms with Gasteiger partial charge in [0.25, 0.3) is 5.91 Å². The van der Waals surface area contributed by atoms with Crippen LogP contribution in [0.1, 0.15) is 5.76 Å². The molecular weight excluding hydrogens is 474 g/mol. The van der Waals surface area contributed by atoms with Crippen molar-refractivity contribution in [1.82, 2.24) is 5.32 Å². The number of amides is 1. The molecule has 4 nitrogen and oxygen atoms in total. The van der Waals surface area contributed by atoms with Gasteiger partial charge in [0, 0.05) is 11.6 Å². The summed E-state index contributed by atoms with van der Waals surface area (Å²) in [5, 5.41) is 4.82.